The SMILES string of the molecule is COc1ccc2cc(C(=N)C3CCCN(C4CCC(COO)CC4)C3)ccc2c1. The van der Waals surface area contributed by atoms with Crippen LogP contribution in [-0.4, -0.2) is 48.7 Å². The van der Waals surface area contributed by atoms with E-state index in [0.717, 1.165) is 66.6 Å². The zero-order chi connectivity index (χ0) is 20.2. The molecule has 0 spiro atoms. The van der Waals surface area contributed by atoms with Gasteiger partial charge in [-0.1, -0.05) is 18.2 Å². The molecule has 0 amide bonds. The smallest absolute Gasteiger partial charge is 0.119 e. The van der Waals surface area contributed by atoms with Crippen molar-refractivity contribution in [2.24, 2.45) is 11.8 Å². The first-order valence-corrected chi connectivity index (χ1v) is 10.8. The lowest BCUT2D eigenvalue weighted by molar-refractivity contribution is -0.252. The number of benzene rings is 2. The van der Waals surface area contributed by atoms with Gasteiger partial charge in [0.1, 0.15) is 5.75 Å². The Morgan fingerprint density at radius 3 is 2.59 bits per heavy atom. The minimum absolute atomic E-state index is 0.304. The highest BCUT2D eigenvalue weighted by Gasteiger charge is 2.31. The Morgan fingerprint density at radius 2 is 1.83 bits per heavy atom. The van der Waals surface area contributed by atoms with Crippen molar-refractivity contribution in [3.05, 3.63) is 42.0 Å². The molecule has 29 heavy (non-hydrogen) atoms. The minimum Gasteiger partial charge on any atom is -0.497 e. The number of rotatable bonds is 6. The highest BCUT2D eigenvalue weighted by atomic mass is 17.1. The quantitative estimate of drug-likeness (QED) is 0.411. The summed E-state index contributed by atoms with van der Waals surface area (Å²) < 4.78 is 5.32. The lowest BCUT2D eigenvalue weighted by atomic mass is 9.83. The summed E-state index contributed by atoms with van der Waals surface area (Å²) in [5.41, 5.74) is 1.81. The molecule has 1 aliphatic carbocycles. The maximum Gasteiger partial charge on any atom is 0.119 e. The molecule has 156 valence electrons. The maximum absolute atomic E-state index is 8.87. The van der Waals surface area contributed by atoms with Crippen LogP contribution in [0.3, 0.4) is 0 Å². The summed E-state index contributed by atoms with van der Waals surface area (Å²) in [6.45, 7) is 2.60. The molecule has 2 N–H and O–H groups in total. The molecule has 1 atom stereocenters. The number of piperidine rings is 1. The van der Waals surface area contributed by atoms with Crippen LogP contribution in [0.25, 0.3) is 10.8 Å². The second-order valence-corrected chi connectivity index (χ2v) is 8.65. The monoisotopic (exact) mass is 396 g/mol. The number of methoxy groups -OCH3 is 1. The Balaban J connectivity index is 1.41. The zero-order valence-corrected chi connectivity index (χ0v) is 17.3. The number of ether oxygens (including phenoxy) is 1. The predicted octanol–water partition coefficient (Wildman–Crippen LogP) is 4.98. The van der Waals surface area contributed by atoms with Crippen molar-refractivity contribution >= 4 is 16.5 Å². The van der Waals surface area contributed by atoms with Crippen molar-refractivity contribution in [1.82, 2.24) is 4.90 Å². The molecule has 0 bridgehead atoms. The second-order valence-electron chi connectivity index (χ2n) is 8.65. The van der Waals surface area contributed by atoms with Gasteiger partial charge in [-0.2, -0.15) is 0 Å². The standard InChI is InChI=1S/C24H32N2O3/c1-28-23-11-8-18-13-20(7-6-19(18)14-23)24(25)21-3-2-12-26(15-21)22-9-4-17(5-10-22)16-29-27/h6-8,11,13-14,17,21-22,25,27H,2-5,9-10,12,15-16H2,1H3. The van der Waals surface area contributed by atoms with E-state index >= 15 is 0 Å². The molecule has 2 aliphatic rings. The molecular formula is C24H32N2O3. The molecule has 0 aromatic heterocycles. The molecule has 1 aliphatic heterocycles. The first kappa shape index (κ1) is 20.3. The van der Waals surface area contributed by atoms with Gasteiger partial charge < -0.3 is 10.1 Å². The molecule has 5 heteroatoms. The Hall–Kier alpha value is -1.95. The van der Waals surface area contributed by atoms with Gasteiger partial charge in [0, 0.05) is 24.2 Å². The maximum atomic E-state index is 8.87. The van der Waals surface area contributed by atoms with Crippen LogP contribution in [-0.2, 0) is 4.89 Å². The number of fused-ring (bicyclic) bond motifs is 1. The van der Waals surface area contributed by atoms with Crippen molar-refractivity contribution in [3.63, 3.8) is 0 Å². The summed E-state index contributed by atoms with van der Waals surface area (Å²) in [7, 11) is 1.69. The topological polar surface area (TPSA) is 65.8 Å². The largest absolute Gasteiger partial charge is 0.497 e. The van der Waals surface area contributed by atoms with Gasteiger partial charge in [-0.15, -0.1) is 0 Å². The average Bonchev–Trinajstić information content (AvgIpc) is 2.78. The molecular weight excluding hydrogens is 364 g/mol. The second kappa shape index (κ2) is 9.24. The highest BCUT2D eigenvalue weighted by molar-refractivity contribution is 6.03. The van der Waals surface area contributed by atoms with Gasteiger partial charge in [-0.3, -0.25) is 10.2 Å². The minimum atomic E-state index is 0.304. The molecule has 1 saturated heterocycles. The number of likely N-dealkylation sites (tertiary alicyclic amines) is 1. The third kappa shape index (κ3) is 4.63. The number of hydrogen-bond donors (Lipinski definition) is 2. The van der Waals surface area contributed by atoms with Crippen molar-refractivity contribution in [1.29, 1.82) is 5.41 Å². The van der Waals surface area contributed by atoms with Crippen LogP contribution in [0.4, 0.5) is 0 Å². The Labute approximate surface area is 173 Å². The van der Waals surface area contributed by atoms with Gasteiger partial charge in [0.2, 0.25) is 0 Å². The fourth-order valence-corrected chi connectivity index (χ4v) is 5.11. The molecule has 1 saturated carbocycles. The van der Waals surface area contributed by atoms with E-state index in [2.05, 4.69) is 34.1 Å². The van der Waals surface area contributed by atoms with E-state index in [4.69, 9.17) is 15.4 Å². The molecule has 0 radical (unpaired) electrons. The van der Waals surface area contributed by atoms with Gasteiger partial charge in [0.25, 0.3) is 0 Å². The first-order valence-electron chi connectivity index (χ1n) is 10.8. The summed E-state index contributed by atoms with van der Waals surface area (Å²) in [5, 5.41) is 19.9. The lowest BCUT2D eigenvalue weighted by Crippen LogP contribution is -2.46. The molecule has 2 aromatic rings. The predicted molar refractivity (Wildman–Crippen MR) is 116 cm³/mol. The molecule has 1 unspecified atom stereocenters. The van der Waals surface area contributed by atoms with E-state index in [1.54, 1.807) is 7.11 Å². The summed E-state index contributed by atoms with van der Waals surface area (Å²) in [6, 6.07) is 13.1. The zero-order valence-electron chi connectivity index (χ0n) is 17.3. The number of hydrogen-bond acceptors (Lipinski definition) is 5. The third-order valence-electron chi connectivity index (χ3n) is 6.86. The normalized spacial score (nSPS) is 25.8. The molecule has 4 rings (SSSR count). The van der Waals surface area contributed by atoms with Crippen LogP contribution >= 0.6 is 0 Å². The fraction of sp³-hybridized carbons (Fsp3) is 0.542. The average molecular weight is 397 g/mol. The molecule has 2 aromatic carbocycles. The van der Waals surface area contributed by atoms with E-state index in [9.17, 15) is 0 Å². The van der Waals surface area contributed by atoms with E-state index in [0.29, 0.717) is 24.5 Å². The fourth-order valence-electron chi connectivity index (χ4n) is 5.11. The van der Waals surface area contributed by atoms with Crippen LogP contribution in [0, 0.1) is 17.2 Å². The van der Waals surface area contributed by atoms with Crippen LogP contribution in [0.1, 0.15) is 44.1 Å². The first-order chi connectivity index (χ1) is 14.2. The summed E-state index contributed by atoms with van der Waals surface area (Å²) >= 11 is 0. The van der Waals surface area contributed by atoms with Gasteiger partial charge in [-0.25, -0.2) is 4.89 Å². The Kier molecular flexibility index (Phi) is 6.48. The van der Waals surface area contributed by atoms with Crippen molar-refractivity contribution in [2.75, 3.05) is 26.8 Å². The lowest BCUT2D eigenvalue weighted by Gasteiger charge is -2.41. The molecule has 1 heterocycles. The number of nitrogens with zero attached hydrogens (tertiary/aromatic N) is 1. The van der Waals surface area contributed by atoms with E-state index in [-0.39, 0.29) is 0 Å². The van der Waals surface area contributed by atoms with Gasteiger partial charge in [0.05, 0.1) is 13.7 Å². The highest BCUT2D eigenvalue weighted by Crippen LogP contribution is 2.32. The van der Waals surface area contributed by atoms with Crippen LogP contribution in [0.15, 0.2) is 36.4 Å². The molecule has 5 nitrogen and oxygen atoms in total. The van der Waals surface area contributed by atoms with E-state index in [1.165, 1.54) is 12.8 Å². The van der Waals surface area contributed by atoms with Crippen molar-refractivity contribution < 1.29 is 14.9 Å². The Bertz CT molecular complexity index is 845. The van der Waals surface area contributed by atoms with Gasteiger partial charge in [-0.05, 0) is 85.5 Å². The van der Waals surface area contributed by atoms with Gasteiger partial charge in [0.15, 0.2) is 0 Å². The van der Waals surface area contributed by atoms with Gasteiger partial charge >= 0.3 is 0 Å². The number of nitrogens with one attached hydrogen (secondary N) is 1. The third-order valence-corrected chi connectivity index (χ3v) is 6.86. The Morgan fingerprint density at radius 1 is 1.07 bits per heavy atom. The van der Waals surface area contributed by atoms with Crippen molar-refractivity contribution in [2.45, 2.75) is 44.6 Å². The van der Waals surface area contributed by atoms with E-state index < -0.39 is 0 Å². The summed E-state index contributed by atoms with van der Waals surface area (Å²) in [6.07, 6.45) is 6.86. The van der Waals surface area contributed by atoms with Crippen LogP contribution in [0.2, 0.25) is 0 Å². The van der Waals surface area contributed by atoms with Crippen LogP contribution < -0.4 is 4.74 Å². The van der Waals surface area contributed by atoms with E-state index in [1.807, 2.05) is 12.1 Å². The van der Waals surface area contributed by atoms with Crippen molar-refractivity contribution in [3.8, 4) is 5.75 Å². The summed E-state index contributed by atoms with van der Waals surface area (Å²) in [4.78, 5) is 6.97. The van der Waals surface area contributed by atoms with Crippen LogP contribution in [0.5, 0.6) is 5.75 Å². The molecule has 2 fully saturated rings. The summed E-state index contributed by atoms with van der Waals surface area (Å²) in [5.74, 6) is 1.66.